The number of likely N-dealkylation sites (tertiary alicyclic amines) is 1. The highest BCUT2D eigenvalue weighted by Gasteiger charge is 2.28. The largest absolute Gasteiger partial charge is 0.326 e. The third kappa shape index (κ3) is 4.66. The van der Waals surface area contributed by atoms with E-state index in [-0.39, 0.29) is 11.8 Å². The molecule has 0 unspecified atom stereocenters. The number of amides is 1. The summed E-state index contributed by atoms with van der Waals surface area (Å²) < 4.78 is 4.10. The zero-order valence-corrected chi connectivity index (χ0v) is 18.2. The average molecular weight is 424 g/mol. The van der Waals surface area contributed by atoms with Crippen LogP contribution in [0.5, 0.6) is 0 Å². The van der Waals surface area contributed by atoms with E-state index in [4.69, 9.17) is 12.2 Å². The van der Waals surface area contributed by atoms with Gasteiger partial charge in [-0.25, -0.2) is 0 Å². The van der Waals surface area contributed by atoms with Gasteiger partial charge in [0, 0.05) is 24.4 Å². The third-order valence-electron chi connectivity index (χ3n) is 5.57. The van der Waals surface area contributed by atoms with E-state index >= 15 is 0 Å². The van der Waals surface area contributed by atoms with Crippen LogP contribution in [0.25, 0.3) is 5.69 Å². The Labute approximate surface area is 181 Å². The van der Waals surface area contributed by atoms with Crippen LogP contribution in [-0.2, 0) is 11.5 Å². The van der Waals surface area contributed by atoms with Crippen LogP contribution in [0.15, 0.2) is 48.5 Å². The molecule has 30 heavy (non-hydrogen) atoms. The Morgan fingerprint density at radius 2 is 1.77 bits per heavy atom. The maximum Gasteiger partial charge on any atom is 0.227 e. The number of hydrogen-bond acceptors (Lipinski definition) is 4. The molecule has 2 aromatic carbocycles. The number of hydrogen-bond donors (Lipinski definition) is 2. The summed E-state index contributed by atoms with van der Waals surface area (Å²) in [7, 11) is 0. The molecule has 4 rings (SSSR count). The summed E-state index contributed by atoms with van der Waals surface area (Å²) in [5, 5.41) is 11.6. The van der Waals surface area contributed by atoms with Crippen LogP contribution in [0.1, 0.15) is 24.0 Å². The predicted octanol–water partition coefficient (Wildman–Crippen LogP) is 2.31. The number of nitrogens with zero attached hydrogens (tertiary/aromatic N) is 4. The molecular formula is C22H27N6OS+. The van der Waals surface area contributed by atoms with Gasteiger partial charge in [0.1, 0.15) is 0 Å². The number of benzene rings is 2. The molecule has 2 heterocycles. The number of quaternary nitrogens is 1. The Kier molecular flexibility index (Phi) is 6.06. The van der Waals surface area contributed by atoms with E-state index in [2.05, 4.69) is 47.8 Å². The molecule has 0 saturated carbocycles. The number of anilines is 1. The highest BCUT2D eigenvalue weighted by molar-refractivity contribution is 7.71. The van der Waals surface area contributed by atoms with Crippen LogP contribution in [-0.4, -0.2) is 38.8 Å². The van der Waals surface area contributed by atoms with Crippen LogP contribution < -0.4 is 10.2 Å². The molecule has 7 nitrogen and oxygen atoms in total. The second-order valence-electron chi connectivity index (χ2n) is 8.06. The Morgan fingerprint density at radius 3 is 2.43 bits per heavy atom. The van der Waals surface area contributed by atoms with Crippen LogP contribution in [0.4, 0.5) is 5.69 Å². The zero-order chi connectivity index (χ0) is 21.1. The molecule has 1 aliphatic rings. The summed E-state index contributed by atoms with van der Waals surface area (Å²) in [5.41, 5.74) is 4.13. The fourth-order valence-corrected chi connectivity index (χ4v) is 4.28. The van der Waals surface area contributed by atoms with Gasteiger partial charge in [-0.2, -0.15) is 9.36 Å². The first kappa shape index (κ1) is 20.4. The molecule has 0 atom stereocenters. The van der Waals surface area contributed by atoms with Gasteiger partial charge in [0.2, 0.25) is 10.7 Å². The first-order valence-electron chi connectivity index (χ1n) is 10.3. The molecule has 156 valence electrons. The smallest absolute Gasteiger partial charge is 0.227 e. The van der Waals surface area contributed by atoms with E-state index in [1.54, 1.807) is 9.36 Å². The minimum Gasteiger partial charge on any atom is -0.326 e. The fraction of sp³-hybridized carbons (Fsp3) is 0.364. The van der Waals surface area contributed by atoms with Crippen molar-refractivity contribution in [1.82, 2.24) is 19.8 Å². The van der Waals surface area contributed by atoms with E-state index in [0.29, 0.717) is 11.4 Å². The topological polar surface area (TPSA) is 69.2 Å². The molecule has 1 fully saturated rings. The third-order valence-corrected chi connectivity index (χ3v) is 5.95. The van der Waals surface area contributed by atoms with Gasteiger partial charge in [0.25, 0.3) is 0 Å². The molecule has 1 saturated heterocycles. The van der Waals surface area contributed by atoms with Gasteiger partial charge in [-0.3, -0.25) is 4.79 Å². The summed E-state index contributed by atoms with van der Waals surface area (Å²) >= 11 is 5.62. The highest BCUT2D eigenvalue weighted by atomic mass is 32.1. The lowest BCUT2D eigenvalue weighted by atomic mass is 9.96. The van der Waals surface area contributed by atoms with E-state index in [1.165, 1.54) is 16.0 Å². The number of rotatable bonds is 5. The van der Waals surface area contributed by atoms with Gasteiger partial charge in [-0.15, -0.1) is 0 Å². The number of carbonyl (C=O) groups excluding carboxylic acids is 1. The number of aromatic nitrogens is 4. The summed E-state index contributed by atoms with van der Waals surface area (Å²) in [5.74, 6) is 0.158. The van der Waals surface area contributed by atoms with Crippen molar-refractivity contribution in [1.29, 1.82) is 0 Å². The minimum absolute atomic E-state index is 0.0490. The van der Waals surface area contributed by atoms with Crippen LogP contribution in [0, 0.1) is 24.5 Å². The fourth-order valence-electron chi connectivity index (χ4n) is 4.03. The van der Waals surface area contributed by atoms with E-state index in [9.17, 15) is 4.79 Å². The first-order valence-corrected chi connectivity index (χ1v) is 10.7. The summed E-state index contributed by atoms with van der Waals surface area (Å²) in [4.78, 5) is 13.9. The van der Waals surface area contributed by atoms with Crippen molar-refractivity contribution in [3.05, 3.63) is 64.4 Å². The van der Waals surface area contributed by atoms with E-state index < -0.39 is 0 Å². The monoisotopic (exact) mass is 423 g/mol. The Morgan fingerprint density at radius 1 is 1.10 bits per heavy atom. The van der Waals surface area contributed by atoms with Gasteiger partial charge >= 0.3 is 0 Å². The number of carbonyl (C=O) groups is 1. The minimum atomic E-state index is 0.0490. The maximum absolute atomic E-state index is 12.5. The molecule has 0 bridgehead atoms. The molecule has 8 heteroatoms. The second-order valence-corrected chi connectivity index (χ2v) is 8.42. The van der Waals surface area contributed by atoms with Gasteiger partial charge < -0.3 is 10.2 Å². The highest BCUT2D eigenvalue weighted by Crippen LogP contribution is 2.15. The lowest BCUT2D eigenvalue weighted by Gasteiger charge is -2.28. The summed E-state index contributed by atoms with van der Waals surface area (Å²) in [6.45, 7) is 6.60. The SMILES string of the molecule is Cc1cc(C)cc(-n2nnn(C[NH+]3CCC(C(=O)Nc4ccccc4)CC3)c2=S)c1. The normalized spacial score (nSPS) is 18.9. The molecule has 1 aliphatic heterocycles. The quantitative estimate of drug-likeness (QED) is 0.618. The molecule has 2 N–H and O–H groups in total. The average Bonchev–Trinajstić information content (AvgIpc) is 3.09. The molecular weight excluding hydrogens is 396 g/mol. The van der Waals surface area contributed by atoms with Gasteiger partial charge in [0.15, 0.2) is 6.67 Å². The molecule has 1 aromatic heterocycles. The van der Waals surface area contributed by atoms with Crippen molar-refractivity contribution in [2.24, 2.45) is 5.92 Å². The first-order chi connectivity index (χ1) is 14.5. The standard InChI is InChI=1S/C22H26N6OS/c1-16-12-17(2)14-20(13-16)28-22(30)27(24-25-28)15-26-10-8-18(9-11-26)21(29)23-19-6-4-3-5-7-19/h3-7,12-14,18H,8-11,15H2,1-2H3,(H,23,29)/p+1. The number of aryl methyl sites for hydroxylation is 2. The van der Waals surface area contributed by atoms with E-state index in [0.717, 1.165) is 37.3 Å². The van der Waals surface area contributed by atoms with Crippen molar-refractivity contribution in [2.75, 3.05) is 18.4 Å². The number of nitrogens with one attached hydrogen (secondary N) is 2. The van der Waals surface area contributed by atoms with Crippen molar-refractivity contribution >= 4 is 23.8 Å². The van der Waals surface area contributed by atoms with Gasteiger partial charge in [-0.05, 0) is 71.9 Å². The molecule has 0 spiro atoms. The zero-order valence-electron chi connectivity index (χ0n) is 17.3. The van der Waals surface area contributed by atoms with Crippen molar-refractivity contribution in [2.45, 2.75) is 33.4 Å². The van der Waals surface area contributed by atoms with Gasteiger partial charge in [0.05, 0.1) is 18.8 Å². The predicted molar refractivity (Wildman–Crippen MR) is 118 cm³/mol. The molecule has 0 aliphatic carbocycles. The number of tetrazole rings is 1. The van der Waals surface area contributed by atoms with Crippen molar-refractivity contribution < 1.29 is 9.69 Å². The Hall–Kier alpha value is -2.84. The van der Waals surface area contributed by atoms with E-state index in [1.807, 2.05) is 30.3 Å². The van der Waals surface area contributed by atoms with Crippen LogP contribution in [0.2, 0.25) is 0 Å². The Balaban J connectivity index is 1.36. The van der Waals surface area contributed by atoms with Crippen LogP contribution in [0.3, 0.4) is 0 Å². The molecule has 0 radical (unpaired) electrons. The lowest BCUT2D eigenvalue weighted by Crippen LogP contribution is -3.12. The lowest BCUT2D eigenvalue weighted by molar-refractivity contribution is -0.929. The summed E-state index contributed by atoms with van der Waals surface area (Å²) in [6.07, 6.45) is 1.71. The molecule has 3 aromatic rings. The summed E-state index contributed by atoms with van der Waals surface area (Å²) in [6, 6.07) is 15.9. The van der Waals surface area contributed by atoms with Crippen molar-refractivity contribution in [3.63, 3.8) is 0 Å². The van der Waals surface area contributed by atoms with Gasteiger partial charge in [-0.1, -0.05) is 24.3 Å². The Bertz CT molecular complexity index is 1060. The maximum atomic E-state index is 12.5. The number of piperidine rings is 1. The second kappa shape index (κ2) is 8.89. The number of para-hydroxylation sites is 1. The molecule has 1 amide bonds. The van der Waals surface area contributed by atoms with Crippen LogP contribution >= 0.6 is 12.2 Å². The van der Waals surface area contributed by atoms with Crippen molar-refractivity contribution in [3.8, 4) is 5.69 Å².